The summed E-state index contributed by atoms with van der Waals surface area (Å²) in [4.78, 5) is 34.7. The van der Waals surface area contributed by atoms with E-state index in [0.29, 0.717) is 11.2 Å². The van der Waals surface area contributed by atoms with Crippen molar-refractivity contribution in [2.75, 3.05) is 0 Å². The number of nitrogens with zero attached hydrogens (tertiary/aromatic N) is 4. The van der Waals surface area contributed by atoms with Crippen LogP contribution in [0, 0.1) is 0 Å². The first-order valence-corrected chi connectivity index (χ1v) is 6.11. The molecule has 2 heterocycles. The van der Waals surface area contributed by atoms with Gasteiger partial charge < -0.3 is 9.36 Å². The van der Waals surface area contributed by atoms with Gasteiger partial charge in [-0.1, -0.05) is 0 Å². The highest BCUT2D eigenvalue weighted by Gasteiger charge is 2.11. The van der Waals surface area contributed by atoms with E-state index in [2.05, 4.69) is 9.56 Å². The van der Waals surface area contributed by atoms with E-state index in [9.17, 15) is 9.59 Å². The van der Waals surface area contributed by atoms with Crippen molar-refractivity contribution in [1.82, 2.24) is 18.7 Å². The maximum Gasteiger partial charge on any atom is 0.341 e. The third-order valence-corrected chi connectivity index (χ3v) is 2.49. The third-order valence-electron chi connectivity index (χ3n) is 2.37. The molecule has 100 valence electrons. The lowest BCUT2D eigenvalue weighted by molar-refractivity contribution is -0.148. The van der Waals surface area contributed by atoms with Crippen molar-refractivity contribution in [2.45, 2.75) is 0 Å². The lowest BCUT2D eigenvalue weighted by Crippen LogP contribution is -2.37. The summed E-state index contributed by atoms with van der Waals surface area (Å²) >= 11 is 0. The Morgan fingerprint density at radius 3 is 2.33 bits per heavy atom. The average Bonchev–Trinajstić information content (AvgIpc) is 2.76. The predicted molar refractivity (Wildman–Crippen MR) is 65.7 cm³/mol. The summed E-state index contributed by atoms with van der Waals surface area (Å²) in [7, 11) is 3.25. The van der Waals surface area contributed by atoms with Gasteiger partial charge in [0.15, 0.2) is 11.2 Å². The molecule has 0 fully saturated rings. The molecule has 0 aliphatic carbocycles. The fourth-order valence-electron chi connectivity index (χ4n) is 1.47. The minimum atomic E-state index is -1.52. The van der Waals surface area contributed by atoms with Crippen LogP contribution < -0.4 is 11.2 Å². The summed E-state index contributed by atoms with van der Waals surface area (Å²) in [6.07, 6.45) is 1.52. The molecule has 0 bridgehead atoms. The van der Waals surface area contributed by atoms with Crippen LogP contribution in [0.1, 0.15) is 0 Å². The molecule has 0 aliphatic rings. The molecule has 9 nitrogen and oxygen atoms in total. The van der Waals surface area contributed by atoms with Gasteiger partial charge in [0.2, 0.25) is 0 Å². The molecular weight excluding hydrogens is 260 g/mol. The molecule has 2 aromatic rings. The number of imidazole rings is 1. The molecule has 0 saturated heterocycles. The van der Waals surface area contributed by atoms with Gasteiger partial charge in [-0.3, -0.25) is 23.8 Å². The largest absolute Gasteiger partial charge is 0.414 e. The Labute approximate surface area is 103 Å². The molecule has 0 aliphatic heterocycles. The minimum absolute atomic E-state index is 0.317. The number of rotatable bonds is 1. The van der Waals surface area contributed by atoms with Gasteiger partial charge in [0, 0.05) is 21.1 Å². The second kappa shape index (κ2) is 5.73. The Morgan fingerprint density at radius 1 is 1.28 bits per heavy atom. The highest BCUT2D eigenvalue weighted by Crippen LogP contribution is 2.01. The molecule has 0 atom stereocenters. The van der Waals surface area contributed by atoms with Crippen LogP contribution in [-0.4, -0.2) is 38.7 Å². The number of hydrogen-bond donors (Lipinski definition) is 2. The van der Waals surface area contributed by atoms with Gasteiger partial charge in [-0.15, -0.1) is 0 Å². The van der Waals surface area contributed by atoms with E-state index in [4.69, 9.17) is 10.1 Å². The predicted octanol–water partition coefficient (Wildman–Crippen LogP) is -2.56. The average molecular weight is 274 g/mol. The van der Waals surface area contributed by atoms with Gasteiger partial charge in [0.25, 0.3) is 5.56 Å². The van der Waals surface area contributed by atoms with Crippen molar-refractivity contribution in [3.05, 3.63) is 27.2 Å². The van der Waals surface area contributed by atoms with Gasteiger partial charge in [0.1, 0.15) is 0 Å². The lowest BCUT2D eigenvalue weighted by Gasteiger charge is -2.02. The molecule has 0 amide bonds. The Morgan fingerprint density at radius 2 is 1.83 bits per heavy atom. The van der Waals surface area contributed by atoms with Gasteiger partial charge >= 0.3 is 15.7 Å². The van der Waals surface area contributed by atoms with E-state index in [1.54, 1.807) is 18.7 Å². The van der Waals surface area contributed by atoms with Crippen LogP contribution in [0.2, 0.25) is 0 Å². The zero-order valence-electron chi connectivity index (χ0n) is 10.2. The Balaban J connectivity index is 0.000000357. The monoisotopic (exact) mass is 274 g/mol. The van der Waals surface area contributed by atoms with E-state index >= 15 is 0 Å². The van der Waals surface area contributed by atoms with Crippen LogP contribution in [0.15, 0.2) is 15.9 Å². The zero-order valence-corrected chi connectivity index (χ0v) is 11.6. The summed E-state index contributed by atoms with van der Waals surface area (Å²) in [5.41, 5.74) is 0.180. The van der Waals surface area contributed by atoms with Crippen LogP contribution in [0.5, 0.6) is 0 Å². The summed E-state index contributed by atoms with van der Waals surface area (Å²) in [6, 6.07) is 0. The molecule has 0 spiro atoms. The molecule has 0 aromatic carbocycles. The van der Waals surface area contributed by atoms with Crippen molar-refractivity contribution >= 4 is 21.2 Å². The van der Waals surface area contributed by atoms with Crippen LogP contribution in [0.3, 0.4) is 0 Å². The summed E-state index contributed by atoms with van der Waals surface area (Å²) < 4.78 is 7.28. The first-order chi connectivity index (χ1) is 8.45. The van der Waals surface area contributed by atoms with E-state index in [0.717, 1.165) is 4.57 Å². The lowest BCUT2D eigenvalue weighted by atomic mass is 10.5. The van der Waals surface area contributed by atoms with Crippen molar-refractivity contribution < 1.29 is 14.6 Å². The fourth-order valence-corrected chi connectivity index (χ4v) is 1.47. The van der Waals surface area contributed by atoms with Crippen molar-refractivity contribution in [3.63, 3.8) is 0 Å². The molecule has 2 N–H and O–H groups in total. The number of hydrogen-bond acceptors (Lipinski definition) is 6. The van der Waals surface area contributed by atoms with Crippen LogP contribution >= 0.6 is 0 Å². The minimum Gasteiger partial charge on any atom is -0.414 e. The molecule has 18 heavy (non-hydrogen) atoms. The highest BCUT2D eigenvalue weighted by molar-refractivity contribution is 6.15. The topological polar surface area (TPSA) is 112 Å². The SMILES string of the molecule is Cn1c(=O)c2c(ncn2C)n(C)c1=O.OO[SiH2]O. The molecule has 10 heteroatoms. The van der Waals surface area contributed by atoms with E-state index in [1.165, 1.54) is 17.9 Å². The molecular formula is C8H14N4O5Si. The van der Waals surface area contributed by atoms with Crippen LogP contribution in [-0.2, 0) is 25.7 Å². The fraction of sp³-hybridized carbons (Fsp3) is 0.375. The van der Waals surface area contributed by atoms with Gasteiger partial charge in [-0.05, 0) is 0 Å². The van der Waals surface area contributed by atoms with Crippen molar-refractivity contribution in [2.24, 2.45) is 21.1 Å². The molecule has 2 rings (SSSR count). The number of fused-ring (bicyclic) bond motifs is 1. The van der Waals surface area contributed by atoms with Crippen molar-refractivity contribution in [1.29, 1.82) is 0 Å². The zero-order chi connectivity index (χ0) is 13.9. The Kier molecular flexibility index (Phi) is 4.55. The van der Waals surface area contributed by atoms with Crippen molar-refractivity contribution in [3.8, 4) is 0 Å². The quantitative estimate of drug-likeness (QED) is 0.336. The maximum atomic E-state index is 11.7. The summed E-state index contributed by atoms with van der Waals surface area (Å²) in [5, 5.41) is 7.19. The molecule has 0 unspecified atom stereocenters. The van der Waals surface area contributed by atoms with Gasteiger partial charge in [-0.2, -0.15) is 0 Å². The first kappa shape index (κ1) is 14.3. The number of aryl methyl sites for hydroxylation is 2. The summed E-state index contributed by atoms with van der Waals surface area (Å²) in [5.74, 6) is 0. The van der Waals surface area contributed by atoms with Crippen LogP contribution in [0.25, 0.3) is 11.2 Å². The summed E-state index contributed by atoms with van der Waals surface area (Å²) in [6.45, 7) is 0. The first-order valence-electron chi connectivity index (χ1n) is 4.90. The van der Waals surface area contributed by atoms with E-state index < -0.39 is 10.0 Å². The van der Waals surface area contributed by atoms with Gasteiger partial charge in [0.05, 0.1) is 6.33 Å². The highest BCUT2D eigenvalue weighted by atomic mass is 28.2. The maximum absolute atomic E-state index is 11.7. The molecule has 2 aromatic heterocycles. The Hall–Kier alpha value is -1.75. The normalized spacial score (nSPS) is 10.9. The second-order valence-electron chi connectivity index (χ2n) is 3.49. The standard InChI is InChI=1S/C8H10N4O2.H4O3Si/c1-10-4-9-6-5(10)7(13)12(3)8(14)11(6)2;1-3-4-2/h4H,1-3H3;1-2H,4H2. The van der Waals surface area contributed by atoms with Crippen LogP contribution in [0.4, 0.5) is 0 Å². The Bertz CT molecular complexity index is 656. The molecule has 0 radical (unpaired) electrons. The van der Waals surface area contributed by atoms with Gasteiger partial charge in [-0.25, -0.2) is 9.78 Å². The second-order valence-corrected chi connectivity index (χ2v) is 4.01. The number of aromatic nitrogens is 4. The van der Waals surface area contributed by atoms with E-state index in [-0.39, 0.29) is 11.2 Å². The molecule has 0 saturated carbocycles. The van der Waals surface area contributed by atoms with E-state index in [1.807, 2.05) is 0 Å². The smallest absolute Gasteiger partial charge is 0.341 e. The third kappa shape index (κ3) is 2.40.